The van der Waals surface area contributed by atoms with Crippen LogP contribution in [0.1, 0.15) is 6.42 Å². The van der Waals surface area contributed by atoms with Crippen LogP contribution in [0.5, 0.6) is 0 Å². The van der Waals surface area contributed by atoms with Gasteiger partial charge in [0.05, 0.1) is 36.2 Å². The fourth-order valence-corrected chi connectivity index (χ4v) is 2.99. The number of fused-ring (bicyclic) bond motifs is 5. The average molecular weight is 160 g/mol. The zero-order valence-corrected chi connectivity index (χ0v) is 6.47. The zero-order valence-electron chi connectivity index (χ0n) is 6.47. The van der Waals surface area contributed by atoms with Gasteiger partial charge in [0.1, 0.15) is 0 Å². The van der Waals surface area contributed by atoms with E-state index in [1.165, 1.54) is 0 Å². The van der Waals surface area contributed by atoms with Gasteiger partial charge in [-0.05, 0) is 6.42 Å². The Bertz CT molecular complexity index is 283. The molecule has 3 fully saturated rings. The van der Waals surface area contributed by atoms with Crippen LogP contribution in [0.2, 0.25) is 0 Å². The molecule has 0 spiro atoms. The number of ether oxygens (including phenoxy) is 1. The Hall–Kier alpha value is -1.06. The Kier molecular flexibility index (Phi) is 0.975. The largest absolute Gasteiger partial charge is 0.369 e. The summed E-state index contributed by atoms with van der Waals surface area (Å²) in [6.07, 6.45) is 1.72. The normalized spacial score (nSPS) is 58.8. The molecule has 0 N–H and O–H groups in total. The minimum atomic E-state index is -0.0521. The summed E-state index contributed by atoms with van der Waals surface area (Å²) in [4.78, 5) is 0. The van der Waals surface area contributed by atoms with Crippen LogP contribution in [0, 0.1) is 46.3 Å². The van der Waals surface area contributed by atoms with Gasteiger partial charge in [-0.2, -0.15) is 10.5 Å². The molecule has 3 heteroatoms. The summed E-state index contributed by atoms with van der Waals surface area (Å²) in [6, 6.07) is 4.50. The SMILES string of the molecule is N#C[C@H]1[C@H](C#N)[C@H]2C[C@H]1[C@H]1O[C@H]21. The molecule has 0 aromatic rings. The maximum absolute atomic E-state index is 8.87. The van der Waals surface area contributed by atoms with Crippen molar-refractivity contribution in [1.82, 2.24) is 0 Å². The van der Waals surface area contributed by atoms with Gasteiger partial charge in [0.15, 0.2) is 0 Å². The molecule has 2 saturated carbocycles. The molecule has 3 nitrogen and oxygen atoms in total. The summed E-state index contributed by atoms with van der Waals surface area (Å²) in [6.45, 7) is 0. The minimum absolute atomic E-state index is 0.0521. The van der Waals surface area contributed by atoms with Crippen molar-refractivity contribution in [2.45, 2.75) is 18.6 Å². The van der Waals surface area contributed by atoms with Crippen LogP contribution in [0.4, 0.5) is 0 Å². The molecular formula is C9H8N2O. The highest BCUT2D eigenvalue weighted by atomic mass is 16.6. The summed E-state index contributed by atoms with van der Waals surface area (Å²) in [5, 5.41) is 17.7. The molecule has 0 aromatic heterocycles. The first-order valence-electron chi connectivity index (χ1n) is 4.31. The van der Waals surface area contributed by atoms with E-state index in [4.69, 9.17) is 15.3 Å². The molecule has 6 atom stereocenters. The summed E-state index contributed by atoms with van der Waals surface area (Å²) < 4.78 is 5.40. The summed E-state index contributed by atoms with van der Waals surface area (Å²) in [5.41, 5.74) is 0. The van der Waals surface area contributed by atoms with Crippen molar-refractivity contribution in [3.8, 4) is 12.1 Å². The Morgan fingerprint density at radius 1 is 1.00 bits per heavy atom. The lowest BCUT2D eigenvalue weighted by atomic mass is 9.81. The maximum atomic E-state index is 8.87. The minimum Gasteiger partial charge on any atom is -0.369 e. The van der Waals surface area contributed by atoms with E-state index in [9.17, 15) is 0 Å². The topological polar surface area (TPSA) is 60.1 Å². The first kappa shape index (κ1) is 6.46. The first-order chi connectivity index (χ1) is 5.86. The standard InChI is InChI=1S/C9H8N2O/c10-2-6-4-1-5(7(6)3-11)9-8(4)12-9/h4-9H,1H2/t4-,5-,6-,7-,8-,9-/m1/s1. The lowest BCUT2D eigenvalue weighted by Crippen LogP contribution is -2.25. The summed E-state index contributed by atoms with van der Waals surface area (Å²) in [7, 11) is 0. The fourth-order valence-electron chi connectivity index (χ4n) is 2.99. The molecule has 12 heavy (non-hydrogen) atoms. The average Bonchev–Trinajstić information content (AvgIpc) is 2.73. The molecule has 3 aliphatic rings. The Balaban J connectivity index is 1.98. The van der Waals surface area contributed by atoms with Crippen molar-refractivity contribution in [2.24, 2.45) is 23.7 Å². The fraction of sp³-hybridized carbons (Fsp3) is 0.778. The molecule has 0 unspecified atom stereocenters. The van der Waals surface area contributed by atoms with Crippen molar-refractivity contribution in [3.05, 3.63) is 0 Å². The predicted molar refractivity (Wildman–Crippen MR) is 38.5 cm³/mol. The van der Waals surface area contributed by atoms with Crippen LogP contribution < -0.4 is 0 Å². The second-order valence-electron chi connectivity index (χ2n) is 3.94. The molecule has 1 aliphatic heterocycles. The number of rotatable bonds is 0. The third-order valence-corrected chi connectivity index (χ3v) is 3.56. The zero-order chi connectivity index (χ0) is 8.29. The van der Waals surface area contributed by atoms with Gasteiger partial charge in [-0.25, -0.2) is 0 Å². The van der Waals surface area contributed by atoms with Crippen molar-refractivity contribution in [3.63, 3.8) is 0 Å². The highest BCUT2D eigenvalue weighted by Gasteiger charge is 2.67. The van der Waals surface area contributed by atoms with E-state index >= 15 is 0 Å². The number of nitriles is 2. The van der Waals surface area contributed by atoms with Crippen LogP contribution in [-0.2, 0) is 4.74 Å². The maximum Gasteiger partial charge on any atom is 0.0886 e. The van der Waals surface area contributed by atoms with Crippen LogP contribution in [0.25, 0.3) is 0 Å². The lowest BCUT2D eigenvalue weighted by Gasteiger charge is -2.15. The monoisotopic (exact) mass is 160 g/mol. The highest BCUT2D eigenvalue weighted by Crippen LogP contribution is 2.61. The van der Waals surface area contributed by atoms with Crippen molar-refractivity contribution >= 4 is 0 Å². The Morgan fingerprint density at radius 3 is 1.92 bits per heavy atom. The highest BCUT2D eigenvalue weighted by molar-refractivity contribution is 5.22. The quantitative estimate of drug-likeness (QED) is 0.489. The molecule has 0 radical (unpaired) electrons. The number of epoxide rings is 1. The van der Waals surface area contributed by atoms with Crippen molar-refractivity contribution in [1.29, 1.82) is 10.5 Å². The molecule has 2 bridgehead atoms. The number of nitrogens with zero attached hydrogens (tertiary/aromatic N) is 2. The van der Waals surface area contributed by atoms with E-state index in [1.807, 2.05) is 0 Å². The summed E-state index contributed by atoms with van der Waals surface area (Å²) in [5.74, 6) is 0.636. The predicted octanol–water partition coefficient (Wildman–Crippen LogP) is 0.683. The van der Waals surface area contributed by atoms with Gasteiger partial charge in [0.25, 0.3) is 0 Å². The van der Waals surface area contributed by atoms with E-state index < -0.39 is 0 Å². The van der Waals surface area contributed by atoms with Gasteiger partial charge >= 0.3 is 0 Å². The molecule has 1 heterocycles. The molecule has 2 aliphatic carbocycles. The molecule has 3 rings (SSSR count). The van der Waals surface area contributed by atoms with E-state index in [1.54, 1.807) is 0 Å². The van der Waals surface area contributed by atoms with E-state index in [-0.39, 0.29) is 11.8 Å². The van der Waals surface area contributed by atoms with E-state index in [2.05, 4.69) is 12.1 Å². The van der Waals surface area contributed by atoms with Gasteiger partial charge in [-0.15, -0.1) is 0 Å². The molecule has 60 valence electrons. The van der Waals surface area contributed by atoms with Crippen LogP contribution >= 0.6 is 0 Å². The van der Waals surface area contributed by atoms with Gasteiger partial charge in [0.2, 0.25) is 0 Å². The smallest absolute Gasteiger partial charge is 0.0886 e. The van der Waals surface area contributed by atoms with Gasteiger partial charge < -0.3 is 4.74 Å². The lowest BCUT2D eigenvalue weighted by molar-refractivity contribution is 0.256. The number of hydrogen-bond acceptors (Lipinski definition) is 3. The molecule has 1 saturated heterocycles. The van der Waals surface area contributed by atoms with Crippen molar-refractivity contribution in [2.75, 3.05) is 0 Å². The Morgan fingerprint density at radius 2 is 1.50 bits per heavy atom. The number of hydrogen-bond donors (Lipinski definition) is 0. The molecular weight excluding hydrogens is 152 g/mol. The van der Waals surface area contributed by atoms with Crippen LogP contribution in [0.3, 0.4) is 0 Å². The third-order valence-electron chi connectivity index (χ3n) is 3.56. The van der Waals surface area contributed by atoms with Gasteiger partial charge in [0, 0.05) is 11.8 Å². The van der Waals surface area contributed by atoms with Gasteiger partial charge in [-0.1, -0.05) is 0 Å². The summed E-state index contributed by atoms with van der Waals surface area (Å²) >= 11 is 0. The van der Waals surface area contributed by atoms with E-state index in [0.29, 0.717) is 24.0 Å². The van der Waals surface area contributed by atoms with Gasteiger partial charge in [-0.3, -0.25) is 0 Å². The third kappa shape index (κ3) is 0.519. The Labute approximate surface area is 70.5 Å². The second-order valence-corrected chi connectivity index (χ2v) is 3.94. The van der Waals surface area contributed by atoms with Crippen LogP contribution in [-0.4, -0.2) is 12.2 Å². The first-order valence-corrected chi connectivity index (χ1v) is 4.31. The van der Waals surface area contributed by atoms with E-state index in [0.717, 1.165) is 6.42 Å². The van der Waals surface area contributed by atoms with Crippen molar-refractivity contribution < 1.29 is 4.74 Å². The molecule has 0 aromatic carbocycles. The van der Waals surface area contributed by atoms with Crippen LogP contribution in [0.15, 0.2) is 0 Å². The molecule has 0 amide bonds. The second kappa shape index (κ2) is 1.81.